The molecule has 6 rings (SSSR count). The van der Waals surface area contributed by atoms with Crippen molar-refractivity contribution in [1.29, 1.82) is 0 Å². The van der Waals surface area contributed by atoms with Gasteiger partial charge in [-0.25, -0.2) is 31.9 Å². The standard InChI is InChI=1S/C39H46FN5O11S/c1-38(2,3)56-36(51)41-30-13-8-6-4-5-7-11-25-19-39(25,35(50)43-57(53,54)27-16-14-23(15-17-27)34(48)49)42-32(46)31-18-26(21-45(31)33(30)47)55-37(52)44-20-24-10-9-12-29(40)28(24)22-44/h7,9-12,14-17,25-26,30-31H,4-6,8,13,18-22H2,1-3H3,(H,41,51)(H,42,46)(H,43,50)(H,48,49)/b11-7-/t25?,26-,30+,31?,39-/m1/s1. The number of ether oxygens (including phenoxy) is 2. The number of amides is 5. The van der Waals surface area contributed by atoms with E-state index in [4.69, 9.17) is 9.47 Å². The number of halogens is 1. The Hall–Kier alpha value is -5.52. The van der Waals surface area contributed by atoms with Crippen LogP contribution in [0.2, 0.25) is 0 Å². The van der Waals surface area contributed by atoms with Crippen molar-refractivity contribution in [1.82, 2.24) is 25.2 Å². The third-order valence-electron chi connectivity index (χ3n) is 10.4. The lowest BCUT2D eigenvalue weighted by atomic mass is 10.0. The minimum Gasteiger partial charge on any atom is -0.478 e. The lowest BCUT2D eigenvalue weighted by Crippen LogP contribution is -2.58. The first-order valence-electron chi connectivity index (χ1n) is 18.8. The van der Waals surface area contributed by atoms with Gasteiger partial charge in [-0.05, 0) is 82.3 Å². The van der Waals surface area contributed by atoms with Crippen molar-refractivity contribution < 1.29 is 56.2 Å². The van der Waals surface area contributed by atoms with Gasteiger partial charge in [0.25, 0.3) is 15.9 Å². The van der Waals surface area contributed by atoms with Gasteiger partial charge < -0.3 is 30.1 Å². The van der Waals surface area contributed by atoms with Crippen LogP contribution in [0.3, 0.4) is 0 Å². The molecule has 0 aromatic heterocycles. The Bertz CT molecular complexity index is 2090. The fraction of sp³-hybridized carbons (Fsp3) is 0.487. The number of allylic oxidation sites excluding steroid dienone is 1. The van der Waals surface area contributed by atoms with Crippen LogP contribution < -0.4 is 15.4 Å². The summed E-state index contributed by atoms with van der Waals surface area (Å²) in [5, 5.41) is 14.6. The van der Waals surface area contributed by atoms with E-state index in [0.29, 0.717) is 36.8 Å². The number of carboxylic acid groups (broad SMARTS) is 1. The highest BCUT2D eigenvalue weighted by atomic mass is 32.2. The van der Waals surface area contributed by atoms with Crippen LogP contribution in [0.1, 0.15) is 87.2 Å². The van der Waals surface area contributed by atoms with Crippen molar-refractivity contribution in [3.05, 3.63) is 77.1 Å². The number of benzene rings is 2. The third kappa shape index (κ3) is 9.38. The number of carbonyl (C=O) groups excluding carboxylic acids is 5. The molecule has 57 heavy (non-hydrogen) atoms. The zero-order valence-corrected chi connectivity index (χ0v) is 32.6. The van der Waals surface area contributed by atoms with Gasteiger partial charge in [-0.3, -0.25) is 19.3 Å². The second kappa shape index (κ2) is 16.1. The van der Waals surface area contributed by atoms with Gasteiger partial charge in [0.1, 0.15) is 35.1 Å². The molecule has 1 aliphatic carbocycles. The van der Waals surface area contributed by atoms with Crippen LogP contribution in [0.5, 0.6) is 0 Å². The molecule has 0 spiro atoms. The summed E-state index contributed by atoms with van der Waals surface area (Å²) >= 11 is 0. The van der Waals surface area contributed by atoms with Gasteiger partial charge in [-0.2, -0.15) is 0 Å². The molecule has 2 aromatic carbocycles. The van der Waals surface area contributed by atoms with E-state index in [1.807, 2.05) is 10.8 Å². The predicted molar refractivity (Wildman–Crippen MR) is 199 cm³/mol. The zero-order valence-electron chi connectivity index (χ0n) is 31.8. The largest absolute Gasteiger partial charge is 0.478 e. The van der Waals surface area contributed by atoms with E-state index >= 15 is 0 Å². The highest BCUT2D eigenvalue weighted by Crippen LogP contribution is 2.46. The van der Waals surface area contributed by atoms with Crippen molar-refractivity contribution in [2.45, 2.75) is 113 Å². The molecule has 0 radical (unpaired) electrons. The van der Waals surface area contributed by atoms with E-state index in [9.17, 15) is 46.7 Å². The summed E-state index contributed by atoms with van der Waals surface area (Å²) in [4.78, 5) is 82.4. The number of nitrogens with one attached hydrogen (secondary N) is 3. The van der Waals surface area contributed by atoms with Crippen molar-refractivity contribution in [2.75, 3.05) is 6.54 Å². The number of carboxylic acids is 1. The van der Waals surface area contributed by atoms with E-state index in [-0.39, 0.29) is 49.4 Å². The minimum atomic E-state index is -4.53. The van der Waals surface area contributed by atoms with Crippen LogP contribution in [0.4, 0.5) is 14.0 Å². The molecule has 4 aliphatic rings. The van der Waals surface area contributed by atoms with Crippen LogP contribution in [0.15, 0.2) is 59.5 Å². The smallest absolute Gasteiger partial charge is 0.410 e. The van der Waals surface area contributed by atoms with E-state index in [0.717, 1.165) is 24.3 Å². The summed E-state index contributed by atoms with van der Waals surface area (Å²) in [6.07, 6.45) is 3.41. The Morgan fingerprint density at radius 2 is 1.75 bits per heavy atom. The molecule has 1 saturated heterocycles. The predicted octanol–water partition coefficient (Wildman–Crippen LogP) is 3.74. The average Bonchev–Trinajstić information content (AvgIpc) is 3.42. The highest BCUT2D eigenvalue weighted by Gasteiger charge is 2.62. The summed E-state index contributed by atoms with van der Waals surface area (Å²) in [5.74, 6) is -4.86. The van der Waals surface area contributed by atoms with E-state index in [2.05, 4.69) is 10.6 Å². The topological polar surface area (TPSA) is 218 Å². The van der Waals surface area contributed by atoms with Crippen LogP contribution in [-0.4, -0.2) is 95.1 Å². The Kier molecular flexibility index (Phi) is 11.7. The van der Waals surface area contributed by atoms with Crippen molar-refractivity contribution >= 4 is 45.9 Å². The molecule has 2 fully saturated rings. The second-order valence-electron chi connectivity index (χ2n) is 15.8. The van der Waals surface area contributed by atoms with Crippen LogP contribution in [-0.2, 0) is 47.0 Å². The molecule has 3 heterocycles. The third-order valence-corrected chi connectivity index (χ3v) is 11.8. The monoisotopic (exact) mass is 811 g/mol. The summed E-state index contributed by atoms with van der Waals surface area (Å²) in [7, 11) is -4.53. The Balaban J connectivity index is 1.26. The maximum absolute atomic E-state index is 14.5. The number of carbonyl (C=O) groups is 6. The van der Waals surface area contributed by atoms with Gasteiger partial charge >= 0.3 is 18.2 Å². The number of alkyl carbamates (subject to hydrolysis) is 1. The summed E-state index contributed by atoms with van der Waals surface area (Å²) < 4.78 is 54.3. The molecule has 0 bridgehead atoms. The Morgan fingerprint density at radius 3 is 2.44 bits per heavy atom. The van der Waals surface area contributed by atoms with Gasteiger partial charge in [0.15, 0.2) is 0 Å². The quantitative estimate of drug-likeness (QED) is 0.308. The van der Waals surface area contributed by atoms with Crippen LogP contribution in [0, 0.1) is 11.7 Å². The molecule has 2 aromatic rings. The second-order valence-corrected chi connectivity index (χ2v) is 17.5. The first-order valence-corrected chi connectivity index (χ1v) is 20.3. The molecule has 16 nitrogen and oxygen atoms in total. The fourth-order valence-electron chi connectivity index (χ4n) is 7.39. The van der Waals surface area contributed by atoms with Crippen molar-refractivity contribution in [2.24, 2.45) is 5.92 Å². The number of hydrogen-bond donors (Lipinski definition) is 4. The van der Waals surface area contributed by atoms with E-state index in [1.54, 1.807) is 39.0 Å². The number of aromatic carboxylic acids is 1. The molecule has 5 atom stereocenters. The maximum Gasteiger partial charge on any atom is 0.410 e. The first-order chi connectivity index (χ1) is 26.9. The molecule has 3 aliphatic heterocycles. The lowest BCUT2D eigenvalue weighted by molar-refractivity contribution is -0.141. The summed E-state index contributed by atoms with van der Waals surface area (Å²) in [5.41, 5.74) is -1.81. The molecular formula is C39H46FN5O11S. The highest BCUT2D eigenvalue weighted by molar-refractivity contribution is 7.90. The van der Waals surface area contributed by atoms with Crippen molar-refractivity contribution in [3.63, 3.8) is 0 Å². The van der Waals surface area contributed by atoms with Gasteiger partial charge in [0.05, 0.1) is 23.5 Å². The number of fused-ring (bicyclic) bond motifs is 3. The van der Waals surface area contributed by atoms with E-state index < -0.39 is 87.0 Å². The van der Waals surface area contributed by atoms with Crippen molar-refractivity contribution in [3.8, 4) is 0 Å². The number of rotatable bonds is 6. The van der Waals surface area contributed by atoms with Gasteiger partial charge in [-0.1, -0.05) is 37.1 Å². The van der Waals surface area contributed by atoms with Gasteiger partial charge in [0.2, 0.25) is 11.8 Å². The molecule has 5 amide bonds. The minimum absolute atomic E-state index is 0.0303. The Morgan fingerprint density at radius 1 is 1.02 bits per heavy atom. The fourth-order valence-corrected chi connectivity index (χ4v) is 8.43. The number of sulfonamides is 1. The number of hydrogen-bond acceptors (Lipinski definition) is 10. The van der Waals surface area contributed by atoms with E-state index in [1.165, 1.54) is 15.9 Å². The average molecular weight is 812 g/mol. The maximum atomic E-state index is 14.5. The lowest BCUT2D eigenvalue weighted by Gasteiger charge is -2.30. The molecule has 4 N–H and O–H groups in total. The molecule has 18 heteroatoms. The molecule has 306 valence electrons. The molecule has 2 unspecified atom stereocenters. The summed E-state index contributed by atoms with van der Waals surface area (Å²) in [6, 6.07) is 6.31. The van der Waals surface area contributed by atoms with Crippen LogP contribution >= 0.6 is 0 Å². The molecular weight excluding hydrogens is 766 g/mol. The SMILES string of the molecule is CC(C)(C)OC(=O)N[C@H]1CCCCC/C=C\C2C[C@@]2(C(=O)NS(=O)(=O)c2ccc(C(=O)O)cc2)NC(=O)C2C[C@@H](OC(=O)N3Cc4cccc(F)c4C3)CN2C1=O. The summed E-state index contributed by atoms with van der Waals surface area (Å²) in [6.45, 7) is 4.80. The molecule has 1 saturated carbocycles. The van der Waals surface area contributed by atoms with Gasteiger partial charge in [-0.15, -0.1) is 0 Å². The van der Waals surface area contributed by atoms with Gasteiger partial charge in [0, 0.05) is 24.4 Å². The Labute approximate surface area is 329 Å². The number of nitrogens with zero attached hydrogens (tertiary/aromatic N) is 2. The first kappa shape index (κ1) is 41.1. The zero-order chi connectivity index (χ0) is 41.3. The normalized spacial score (nSPS) is 25.7. The van der Waals surface area contributed by atoms with Crippen LogP contribution in [0.25, 0.3) is 0 Å².